The van der Waals surface area contributed by atoms with Gasteiger partial charge in [-0.2, -0.15) is 0 Å². The Hall–Kier alpha value is -0.740. The summed E-state index contributed by atoms with van der Waals surface area (Å²) in [6.07, 6.45) is 1.14. The molecule has 1 fully saturated rings. The lowest BCUT2D eigenvalue weighted by Crippen LogP contribution is -2.34. The van der Waals surface area contributed by atoms with Crippen molar-refractivity contribution >= 4 is 15.9 Å². The predicted octanol–water partition coefficient (Wildman–Crippen LogP) is 2.59. The number of hydrogen-bond donors (Lipinski definition) is 2. The molecule has 82 valence electrons. The van der Waals surface area contributed by atoms with E-state index in [1.165, 1.54) is 0 Å². The summed E-state index contributed by atoms with van der Waals surface area (Å²) < 4.78 is 6.06. The van der Waals surface area contributed by atoms with Crippen LogP contribution in [0.2, 0.25) is 0 Å². The van der Waals surface area contributed by atoms with Gasteiger partial charge < -0.3 is 15.2 Å². The lowest BCUT2D eigenvalue weighted by molar-refractivity contribution is 0.314. The monoisotopic (exact) mass is 271 g/mol. The first kappa shape index (κ1) is 10.8. The minimum absolute atomic E-state index is 0.180. The molecule has 0 radical (unpaired) electrons. The summed E-state index contributed by atoms with van der Waals surface area (Å²) in [6.45, 7) is 3.52. The first-order chi connectivity index (χ1) is 7.22. The summed E-state index contributed by atoms with van der Waals surface area (Å²) in [5, 5.41) is 13.1. The standard InChI is InChI=1S/C11H14BrNO2/c1-2-15-10-6-7(9-3-4-13-9)5-8(12)11(10)14/h5-6,9,13-14H,2-4H2,1H3/t9-/m0/s1. The van der Waals surface area contributed by atoms with Crippen molar-refractivity contribution in [1.29, 1.82) is 0 Å². The molecular weight excluding hydrogens is 258 g/mol. The van der Waals surface area contributed by atoms with Crippen LogP contribution in [0.15, 0.2) is 16.6 Å². The molecule has 15 heavy (non-hydrogen) atoms. The van der Waals surface area contributed by atoms with E-state index in [9.17, 15) is 5.11 Å². The van der Waals surface area contributed by atoms with Crippen LogP contribution in [-0.4, -0.2) is 18.3 Å². The summed E-state index contributed by atoms with van der Waals surface area (Å²) in [7, 11) is 0. The first-order valence-corrected chi connectivity index (χ1v) is 5.90. The van der Waals surface area contributed by atoms with E-state index in [-0.39, 0.29) is 5.75 Å². The molecule has 2 rings (SSSR count). The highest BCUT2D eigenvalue weighted by Crippen LogP contribution is 2.38. The van der Waals surface area contributed by atoms with E-state index in [0.717, 1.165) is 18.5 Å². The zero-order valence-electron chi connectivity index (χ0n) is 8.59. The topological polar surface area (TPSA) is 41.5 Å². The number of halogens is 1. The van der Waals surface area contributed by atoms with Crippen LogP contribution in [0.5, 0.6) is 11.5 Å². The second-order valence-electron chi connectivity index (χ2n) is 3.58. The molecule has 1 aromatic rings. The SMILES string of the molecule is CCOc1cc([C@@H]2CCN2)cc(Br)c1O. The maximum atomic E-state index is 9.73. The third-order valence-electron chi connectivity index (χ3n) is 2.58. The molecule has 4 heteroatoms. The van der Waals surface area contributed by atoms with Gasteiger partial charge in [0.15, 0.2) is 11.5 Å². The minimum atomic E-state index is 0.180. The van der Waals surface area contributed by atoms with Gasteiger partial charge in [0.05, 0.1) is 11.1 Å². The smallest absolute Gasteiger partial charge is 0.172 e. The van der Waals surface area contributed by atoms with Crippen LogP contribution >= 0.6 is 15.9 Å². The van der Waals surface area contributed by atoms with Crippen molar-refractivity contribution in [3.05, 3.63) is 22.2 Å². The van der Waals surface area contributed by atoms with Gasteiger partial charge in [0.1, 0.15) is 0 Å². The maximum absolute atomic E-state index is 9.73. The van der Waals surface area contributed by atoms with Gasteiger partial charge >= 0.3 is 0 Å². The van der Waals surface area contributed by atoms with Crippen molar-refractivity contribution in [3.63, 3.8) is 0 Å². The van der Waals surface area contributed by atoms with Crippen LogP contribution in [0.3, 0.4) is 0 Å². The number of ether oxygens (including phenoxy) is 1. The molecular formula is C11H14BrNO2. The van der Waals surface area contributed by atoms with Gasteiger partial charge in [0, 0.05) is 6.04 Å². The van der Waals surface area contributed by atoms with Gasteiger partial charge in [-0.25, -0.2) is 0 Å². The normalized spacial score (nSPS) is 19.7. The third-order valence-corrected chi connectivity index (χ3v) is 3.18. The van der Waals surface area contributed by atoms with E-state index in [0.29, 0.717) is 22.9 Å². The Morgan fingerprint density at radius 3 is 2.87 bits per heavy atom. The Balaban J connectivity index is 2.31. The Morgan fingerprint density at radius 2 is 2.33 bits per heavy atom. The number of nitrogens with one attached hydrogen (secondary N) is 1. The highest BCUT2D eigenvalue weighted by atomic mass is 79.9. The second kappa shape index (κ2) is 4.41. The molecule has 1 heterocycles. The van der Waals surface area contributed by atoms with Crippen molar-refractivity contribution in [2.45, 2.75) is 19.4 Å². The molecule has 0 amide bonds. The van der Waals surface area contributed by atoms with Crippen molar-refractivity contribution in [2.75, 3.05) is 13.2 Å². The van der Waals surface area contributed by atoms with Gasteiger partial charge in [-0.15, -0.1) is 0 Å². The average Bonchev–Trinajstić information content (AvgIpc) is 2.11. The molecule has 1 saturated heterocycles. The van der Waals surface area contributed by atoms with Crippen molar-refractivity contribution in [3.8, 4) is 11.5 Å². The molecule has 0 saturated carbocycles. The molecule has 0 aliphatic carbocycles. The molecule has 0 bridgehead atoms. The van der Waals surface area contributed by atoms with Gasteiger partial charge in [-0.3, -0.25) is 0 Å². The van der Waals surface area contributed by atoms with E-state index in [1.807, 2.05) is 19.1 Å². The van der Waals surface area contributed by atoms with E-state index in [1.54, 1.807) is 0 Å². The average molecular weight is 272 g/mol. The summed E-state index contributed by atoms with van der Waals surface area (Å²) in [6, 6.07) is 4.25. The van der Waals surface area contributed by atoms with Crippen molar-refractivity contribution in [1.82, 2.24) is 5.32 Å². The number of rotatable bonds is 3. The number of benzene rings is 1. The maximum Gasteiger partial charge on any atom is 0.172 e. The number of phenols is 1. The lowest BCUT2D eigenvalue weighted by Gasteiger charge is -2.28. The minimum Gasteiger partial charge on any atom is -0.503 e. The van der Waals surface area contributed by atoms with Crippen LogP contribution in [0.1, 0.15) is 24.9 Å². The molecule has 1 aromatic carbocycles. The summed E-state index contributed by atoms with van der Waals surface area (Å²) >= 11 is 3.33. The molecule has 3 nitrogen and oxygen atoms in total. The Labute approximate surface area is 97.6 Å². The quantitative estimate of drug-likeness (QED) is 0.888. The van der Waals surface area contributed by atoms with Crippen LogP contribution in [0.4, 0.5) is 0 Å². The molecule has 1 aliphatic heterocycles. The fourth-order valence-electron chi connectivity index (χ4n) is 1.63. The molecule has 0 unspecified atom stereocenters. The second-order valence-corrected chi connectivity index (χ2v) is 4.43. The van der Waals surface area contributed by atoms with Crippen LogP contribution < -0.4 is 10.1 Å². The number of phenolic OH excluding ortho intramolecular Hbond substituents is 1. The van der Waals surface area contributed by atoms with Gasteiger partial charge in [0.25, 0.3) is 0 Å². The van der Waals surface area contributed by atoms with Crippen molar-refractivity contribution < 1.29 is 9.84 Å². The summed E-state index contributed by atoms with van der Waals surface area (Å²) in [4.78, 5) is 0. The fourth-order valence-corrected chi connectivity index (χ4v) is 2.09. The van der Waals surface area contributed by atoms with Gasteiger partial charge in [0.2, 0.25) is 0 Å². The Bertz CT molecular complexity index is 364. The molecule has 0 aromatic heterocycles. The fraction of sp³-hybridized carbons (Fsp3) is 0.455. The zero-order valence-corrected chi connectivity index (χ0v) is 10.2. The summed E-state index contributed by atoms with van der Waals surface area (Å²) in [5.41, 5.74) is 1.16. The van der Waals surface area contributed by atoms with Gasteiger partial charge in [-0.05, 0) is 53.5 Å². The highest BCUT2D eigenvalue weighted by molar-refractivity contribution is 9.10. The predicted molar refractivity (Wildman–Crippen MR) is 62.3 cm³/mol. The Morgan fingerprint density at radius 1 is 1.60 bits per heavy atom. The third kappa shape index (κ3) is 2.11. The van der Waals surface area contributed by atoms with Crippen LogP contribution in [-0.2, 0) is 0 Å². The molecule has 0 spiro atoms. The zero-order chi connectivity index (χ0) is 10.8. The summed E-state index contributed by atoms with van der Waals surface area (Å²) in [5.74, 6) is 0.732. The first-order valence-electron chi connectivity index (χ1n) is 5.11. The lowest BCUT2D eigenvalue weighted by atomic mass is 9.98. The van der Waals surface area contributed by atoms with Gasteiger partial charge in [-0.1, -0.05) is 0 Å². The van der Waals surface area contributed by atoms with Crippen LogP contribution in [0.25, 0.3) is 0 Å². The van der Waals surface area contributed by atoms with E-state index in [2.05, 4.69) is 21.2 Å². The molecule has 1 atom stereocenters. The largest absolute Gasteiger partial charge is 0.503 e. The highest BCUT2D eigenvalue weighted by Gasteiger charge is 2.21. The van der Waals surface area contributed by atoms with E-state index >= 15 is 0 Å². The number of aromatic hydroxyl groups is 1. The van der Waals surface area contributed by atoms with Crippen molar-refractivity contribution in [2.24, 2.45) is 0 Å². The number of hydrogen-bond acceptors (Lipinski definition) is 3. The van der Waals surface area contributed by atoms with Crippen LogP contribution in [0, 0.1) is 0 Å². The molecule has 1 aliphatic rings. The van der Waals surface area contributed by atoms with E-state index in [4.69, 9.17) is 4.74 Å². The molecule has 2 N–H and O–H groups in total. The Kier molecular flexibility index (Phi) is 3.17. The van der Waals surface area contributed by atoms with E-state index < -0.39 is 0 Å².